The first-order valence-corrected chi connectivity index (χ1v) is 7.63. The van der Waals surface area contributed by atoms with E-state index in [1.807, 2.05) is 6.07 Å². The average Bonchev–Trinajstić information content (AvgIpc) is 2.46. The van der Waals surface area contributed by atoms with E-state index >= 15 is 0 Å². The first kappa shape index (κ1) is 14.1. The maximum Gasteiger partial charge on any atom is 0.0412 e. The van der Waals surface area contributed by atoms with Gasteiger partial charge in [0.1, 0.15) is 0 Å². The maximum atomic E-state index is 3.61. The van der Waals surface area contributed by atoms with E-state index in [0.29, 0.717) is 0 Å². The fraction of sp³-hybridized carbons (Fsp3) is 0.294. The van der Waals surface area contributed by atoms with E-state index in [0.717, 1.165) is 23.9 Å². The minimum atomic E-state index is 0.853. The number of hydrogen-bond donors (Lipinski definition) is 1. The van der Waals surface area contributed by atoms with E-state index in [1.54, 1.807) is 0 Å². The Bertz CT molecular complexity index is 526. The Labute approximate surface area is 124 Å². The molecular formula is C17H20BrN. The molecule has 0 amide bonds. The average molecular weight is 318 g/mol. The Hall–Kier alpha value is -1.28. The van der Waals surface area contributed by atoms with E-state index in [4.69, 9.17) is 0 Å². The number of nitrogens with one attached hydrogen (secondary N) is 1. The molecule has 0 saturated heterocycles. The molecule has 0 unspecified atom stereocenters. The summed E-state index contributed by atoms with van der Waals surface area (Å²) < 4.78 is 1.16. The molecule has 1 N–H and O–H groups in total. The summed E-state index contributed by atoms with van der Waals surface area (Å²) in [6, 6.07) is 14.9. The second kappa shape index (κ2) is 6.76. The van der Waals surface area contributed by atoms with Gasteiger partial charge in [0.15, 0.2) is 0 Å². The Morgan fingerprint density at radius 1 is 0.842 bits per heavy atom. The molecule has 0 aliphatic heterocycles. The topological polar surface area (TPSA) is 12.0 Å². The van der Waals surface area contributed by atoms with Gasteiger partial charge in [-0.3, -0.25) is 0 Å². The van der Waals surface area contributed by atoms with Crippen LogP contribution in [0.2, 0.25) is 0 Å². The van der Waals surface area contributed by atoms with Crippen LogP contribution in [0.1, 0.15) is 30.5 Å². The lowest BCUT2D eigenvalue weighted by atomic mass is 10.0. The molecule has 0 fully saturated rings. The summed E-state index contributed by atoms with van der Waals surface area (Å²) in [6.07, 6.45) is 2.12. The van der Waals surface area contributed by atoms with Crippen molar-refractivity contribution in [2.24, 2.45) is 0 Å². The van der Waals surface area contributed by atoms with Gasteiger partial charge in [-0.1, -0.05) is 66.2 Å². The SMILES string of the molecule is CCc1cccc(CC)c1NCc1ccccc1Br. The van der Waals surface area contributed by atoms with Crippen molar-refractivity contribution in [1.29, 1.82) is 0 Å². The Kier molecular flexibility index (Phi) is 5.03. The van der Waals surface area contributed by atoms with E-state index in [1.165, 1.54) is 22.4 Å². The molecule has 0 spiro atoms. The molecule has 2 rings (SSSR count). The maximum absolute atomic E-state index is 3.61. The number of aryl methyl sites for hydroxylation is 2. The van der Waals surface area contributed by atoms with Crippen LogP contribution in [-0.4, -0.2) is 0 Å². The second-order valence-electron chi connectivity index (χ2n) is 4.60. The van der Waals surface area contributed by atoms with Crippen LogP contribution in [0.25, 0.3) is 0 Å². The molecule has 0 bridgehead atoms. The monoisotopic (exact) mass is 317 g/mol. The van der Waals surface area contributed by atoms with Gasteiger partial charge in [-0.05, 0) is 35.6 Å². The van der Waals surface area contributed by atoms with E-state index < -0.39 is 0 Å². The first-order valence-electron chi connectivity index (χ1n) is 6.84. The highest BCUT2D eigenvalue weighted by atomic mass is 79.9. The molecule has 0 aromatic heterocycles. The summed E-state index contributed by atoms with van der Waals surface area (Å²) in [5.74, 6) is 0. The van der Waals surface area contributed by atoms with Gasteiger partial charge < -0.3 is 5.32 Å². The lowest BCUT2D eigenvalue weighted by molar-refractivity contribution is 1.05. The van der Waals surface area contributed by atoms with Crippen molar-refractivity contribution in [3.8, 4) is 0 Å². The highest BCUT2D eigenvalue weighted by Gasteiger charge is 2.06. The van der Waals surface area contributed by atoms with Crippen molar-refractivity contribution in [3.05, 3.63) is 63.6 Å². The number of benzene rings is 2. The predicted octanol–water partition coefficient (Wildman–Crippen LogP) is 5.19. The smallest absolute Gasteiger partial charge is 0.0412 e. The van der Waals surface area contributed by atoms with Gasteiger partial charge in [-0.25, -0.2) is 0 Å². The molecule has 0 saturated carbocycles. The molecule has 0 heterocycles. The van der Waals surface area contributed by atoms with Crippen LogP contribution in [0.15, 0.2) is 46.9 Å². The summed E-state index contributed by atoms with van der Waals surface area (Å²) in [6.45, 7) is 5.27. The van der Waals surface area contributed by atoms with Crippen LogP contribution < -0.4 is 5.32 Å². The van der Waals surface area contributed by atoms with Gasteiger partial charge in [0.25, 0.3) is 0 Å². The Morgan fingerprint density at radius 3 is 2.00 bits per heavy atom. The van der Waals surface area contributed by atoms with Crippen LogP contribution in [0.4, 0.5) is 5.69 Å². The predicted molar refractivity (Wildman–Crippen MR) is 86.7 cm³/mol. The van der Waals surface area contributed by atoms with Crippen LogP contribution in [-0.2, 0) is 19.4 Å². The van der Waals surface area contributed by atoms with Crippen LogP contribution in [0.5, 0.6) is 0 Å². The first-order chi connectivity index (χ1) is 9.26. The molecular weight excluding hydrogens is 298 g/mol. The zero-order valence-corrected chi connectivity index (χ0v) is 13.1. The van der Waals surface area contributed by atoms with Crippen molar-refractivity contribution >= 4 is 21.6 Å². The highest BCUT2D eigenvalue weighted by Crippen LogP contribution is 2.24. The third-order valence-corrected chi connectivity index (χ3v) is 4.19. The minimum Gasteiger partial charge on any atom is -0.380 e. The number of halogens is 1. The van der Waals surface area contributed by atoms with E-state index in [9.17, 15) is 0 Å². The quantitative estimate of drug-likeness (QED) is 0.800. The summed E-state index contributed by atoms with van der Waals surface area (Å²) in [5.41, 5.74) is 5.39. The van der Waals surface area contributed by atoms with Gasteiger partial charge in [0, 0.05) is 16.7 Å². The van der Waals surface area contributed by atoms with Gasteiger partial charge >= 0.3 is 0 Å². The van der Waals surface area contributed by atoms with Gasteiger partial charge in [0.2, 0.25) is 0 Å². The van der Waals surface area contributed by atoms with Crippen LogP contribution in [0, 0.1) is 0 Å². The Morgan fingerprint density at radius 2 is 1.42 bits per heavy atom. The standard InChI is InChI=1S/C17H20BrN/c1-3-13-9-7-10-14(4-2)17(13)19-12-15-8-5-6-11-16(15)18/h5-11,19H,3-4,12H2,1-2H3. The van der Waals surface area contributed by atoms with Crippen LogP contribution >= 0.6 is 15.9 Å². The zero-order chi connectivity index (χ0) is 13.7. The van der Waals surface area contributed by atoms with E-state index in [-0.39, 0.29) is 0 Å². The Balaban J connectivity index is 2.21. The molecule has 100 valence electrons. The normalized spacial score (nSPS) is 10.5. The van der Waals surface area contributed by atoms with Crippen molar-refractivity contribution in [1.82, 2.24) is 0 Å². The largest absolute Gasteiger partial charge is 0.380 e. The molecule has 19 heavy (non-hydrogen) atoms. The fourth-order valence-corrected chi connectivity index (χ4v) is 2.72. The molecule has 0 aliphatic rings. The third kappa shape index (κ3) is 3.38. The van der Waals surface area contributed by atoms with Crippen molar-refractivity contribution in [2.75, 3.05) is 5.32 Å². The van der Waals surface area contributed by atoms with Crippen molar-refractivity contribution in [2.45, 2.75) is 33.2 Å². The number of rotatable bonds is 5. The number of anilines is 1. The third-order valence-electron chi connectivity index (χ3n) is 3.41. The number of hydrogen-bond acceptors (Lipinski definition) is 1. The minimum absolute atomic E-state index is 0.853. The van der Waals surface area contributed by atoms with Crippen molar-refractivity contribution in [3.63, 3.8) is 0 Å². The molecule has 0 radical (unpaired) electrons. The molecule has 2 heteroatoms. The fourth-order valence-electron chi connectivity index (χ4n) is 2.30. The van der Waals surface area contributed by atoms with E-state index in [2.05, 4.69) is 71.5 Å². The second-order valence-corrected chi connectivity index (χ2v) is 5.46. The summed E-state index contributed by atoms with van der Waals surface area (Å²) in [7, 11) is 0. The zero-order valence-electron chi connectivity index (χ0n) is 11.5. The lowest BCUT2D eigenvalue weighted by Crippen LogP contribution is -2.05. The lowest BCUT2D eigenvalue weighted by Gasteiger charge is -2.16. The van der Waals surface area contributed by atoms with Crippen molar-refractivity contribution < 1.29 is 0 Å². The van der Waals surface area contributed by atoms with Gasteiger partial charge in [-0.15, -0.1) is 0 Å². The van der Waals surface area contributed by atoms with Gasteiger partial charge in [0.05, 0.1) is 0 Å². The molecule has 2 aromatic carbocycles. The summed E-state index contributed by atoms with van der Waals surface area (Å²) in [5, 5.41) is 3.61. The van der Waals surface area contributed by atoms with Gasteiger partial charge in [-0.2, -0.15) is 0 Å². The number of para-hydroxylation sites is 1. The van der Waals surface area contributed by atoms with Crippen LogP contribution in [0.3, 0.4) is 0 Å². The molecule has 1 nitrogen and oxygen atoms in total. The molecule has 0 atom stereocenters. The molecule has 2 aromatic rings. The highest BCUT2D eigenvalue weighted by molar-refractivity contribution is 9.10. The molecule has 0 aliphatic carbocycles. The summed E-state index contributed by atoms with van der Waals surface area (Å²) in [4.78, 5) is 0. The summed E-state index contributed by atoms with van der Waals surface area (Å²) >= 11 is 3.60.